The Morgan fingerprint density at radius 3 is 2.14 bits per heavy atom. The highest BCUT2D eigenvalue weighted by Crippen LogP contribution is 2.44. The summed E-state index contributed by atoms with van der Waals surface area (Å²) in [5.74, 6) is -1.09. The summed E-state index contributed by atoms with van der Waals surface area (Å²) in [7, 11) is 0. The van der Waals surface area contributed by atoms with E-state index >= 15 is 0 Å². The zero-order valence-electron chi connectivity index (χ0n) is 14.8. The number of benzene rings is 3. The van der Waals surface area contributed by atoms with Gasteiger partial charge in [-0.15, -0.1) is 12.6 Å². The second kappa shape index (κ2) is 7.40. The van der Waals surface area contributed by atoms with Crippen molar-refractivity contribution >= 4 is 30.4 Å². The fourth-order valence-corrected chi connectivity index (χ4v) is 3.85. The van der Waals surface area contributed by atoms with E-state index in [0.717, 1.165) is 22.3 Å². The van der Waals surface area contributed by atoms with Crippen molar-refractivity contribution in [3.63, 3.8) is 0 Å². The van der Waals surface area contributed by atoms with Crippen LogP contribution in [0.1, 0.15) is 27.4 Å². The summed E-state index contributed by atoms with van der Waals surface area (Å²) in [4.78, 5) is 23.6. The molecule has 1 aliphatic rings. The Kier molecular flexibility index (Phi) is 4.79. The van der Waals surface area contributed by atoms with Gasteiger partial charge in [-0.2, -0.15) is 0 Å². The van der Waals surface area contributed by atoms with E-state index in [0.29, 0.717) is 5.69 Å². The van der Waals surface area contributed by atoms with Gasteiger partial charge < -0.3 is 9.84 Å². The number of carboxylic acids is 1. The van der Waals surface area contributed by atoms with E-state index in [1.807, 2.05) is 24.3 Å². The molecule has 1 aliphatic carbocycles. The zero-order chi connectivity index (χ0) is 19.7. The predicted octanol–water partition coefficient (Wildman–Crippen LogP) is 5.03. The molecule has 3 aromatic carbocycles. The normalized spacial score (nSPS) is 12.2. The van der Waals surface area contributed by atoms with E-state index in [-0.39, 0.29) is 23.0 Å². The molecule has 0 heterocycles. The lowest BCUT2D eigenvalue weighted by molar-refractivity contribution is 0.0693. The van der Waals surface area contributed by atoms with Crippen LogP contribution in [-0.2, 0) is 4.74 Å². The summed E-state index contributed by atoms with van der Waals surface area (Å²) in [5.41, 5.74) is 5.10. The fourth-order valence-electron chi connectivity index (χ4n) is 3.54. The Labute approximate surface area is 167 Å². The number of amides is 1. The van der Waals surface area contributed by atoms with Crippen LogP contribution in [0.4, 0.5) is 10.5 Å². The third-order valence-corrected chi connectivity index (χ3v) is 5.19. The van der Waals surface area contributed by atoms with E-state index in [1.165, 1.54) is 18.2 Å². The van der Waals surface area contributed by atoms with Gasteiger partial charge in [-0.3, -0.25) is 5.32 Å². The molecule has 2 N–H and O–H groups in total. The van der Waals surface area contributed by atoms with Crippen molar-refractivity contribution in [2.75, 3.05) is 11.9 Å². The van der Waals surface area contributed by atoms with Gasteiger partial charge in [-0.05, 0) is 40.5 Å². The zero-order valence-corrected chi connectivity index (χ0v) is 15.6. The summed E-state index contributed by atoms with van der Waals surface area (Å²) in [6.45, 7) is 0.209. The average Bonchev–Trinajstić information content (AvgIpc) is 3.00. The molecule has 0 fully saturated rings. The maximum atomic E-state index is 12.2. The number of ether oxygens (including phenoxy) is 1. The van der Waals surface area contributed by atoms with Crippen molar-refractivity contribution in [1.82, 2.24) is 0 Å². The molecule has 5 nitrogen and oxygen atoms in total. The van der Waals surface area contributed by atoms with Gasteiger partial charge >= 0.3 is 12.1 Å². The molecule has 0 bridgehead atoms. The molecule has 0 radical (unpaired) electrons. The lowest BCUT2D eigenvalue weighted by atomic mass is 9.98. The first-order valence-corrected chi connectivity index (χ1v) is 9.17. The number of aromatic carboxylic acids is 1. The van der Waals surface area contributed by atoms with E-state index in [9.17, 15) is 9.59 Å². The molecule has 3 aromatic rings. The highest BCUT2D eigenvalue weighted by Gasteiger charge is 2.29. The van der Waals surface area contributed by atoms with Crippen molar-refractivity contribution in [3.8, 4) is 11.1 Å². The number of hydrogen-bond acceptors (Lipinski definition) is 4. The van der Waals surface area contributed by atoms with Crippen LogP contribution in [-0.4, -0.2) is 23.8 Å². The summed E-state index contributed by atoms with van der Waals surface area (Å²) in [6.07, 6.45) is -0.599. The van der Waals surface area contributed by atoms with Gasteiger partial charge in [0.2, 0.25) is 0 Å². The molecule has 0 atom stereocenters. The second-order valence-corrected chi connectivity index (χ2v) is 6.97. The topological polar surface area (TPSA) is 75.6 Å². The lowest BCUT2D eigenvalue weighted by Gasteiger charge is -2.15. The molecule has 1 amide bonds. The van der Waals surface area contributed by atoms with Crippen LogP contribution in [0.5, 0.6) is 0 Å². The maximum absolute atomic E-state index is 12.2. The summed E-state index contributed by atoms with van der Waals surface area (Å²) in [5, 5.41) is 11.7. The summed E-state index contributed by atoms with van der Waals surface area (Å²) < 4.78 is 5.47. The van der Waals surface area contributed by atoms with Crippen molar-refractivity contribution in [1.29, 1.82) is 0 Å². The standard InChI is InChI=1S/C22H17NO4S/c24-21(25)18-10-9-13(11-20(18)28)23-22(26)27-12-19-16-7-3-1-5-14(16)15-6-2-4-8-17(15)19/h1-11,19,28H,12H2,(H,23,26)(H,24,25). The molecule has 0 aliphatic heterocycles. The minimum absolute atomic E-state index is 0.0204. The Hall–Kier alpha value is -3.25. The number of hydrogen-bond donors (Lipinski definition) is 3. The Balaban J connectivity index is 1.47. The number of carboxylic acid groups (broad SMARTS) is 1. The molecule has 4 rings (SSSR count). The first kappa shape index (κ1) is 18.1. The maximum Gasteiger partial charge on any atom is 0.411 e. The van der Waals surface area contributed by atoms with Gasteiger partial charge in [-0.1, -0.05) is 48.5 Å². The van der Waals surface area contributed by atoms with E-state index in [1.54, 1.807) is 0 Å². The number of anilines is 1. The number of carbonyl (C=O) groups is 2. The molecular formula is C22H17NO4S. The first-order valence-electron chi connectivity index (χ1n) is 8.73. The van der Waals surface area contributed by atoms with Crippen LogP contribution < -0.4 is 5.32 Å². The predicted molar refractivity (Wildman–Crippen MR) is 109 cm³/mol. The van der Waals surface area contributed by atoms with Gasteiger partial charge in [0, 0.05) is 16.5 Å². The van der Waals surface area contributed by atoms with Crippen molar-refractivity contribution < 1.29 is 19.4 Å². The van der Waals surface area contributed by atoms with Crippen LogP contribution >= 0.6 is 12.6 Å². The van der Waals surface area contributed by atoms with Gasteiger partial charge in [0.25, 0.3) is 0 Å². The van der Waals surface area contributed by atoms with Crippen molar-refractivity contribution in [2.24, 2.45) is 0 Å². The summed E-state index contributed by atoms with van der Waals surface area (Å²) in [6, 6.07) is 20.6. The third kappa shape index (κ3) is 3.34. The van der Waals surface area contributed by atoms with E-state index < -0.39 is 12.1 Å². The summed E-state index contributed by atoms with van der Waals surface area (Å²) >= 11 is 4.14. The molecular weight excluding hydrogens is 374 g/mol. The number of carbonyl (C=O) groups excluding carboxylic acids is 1. The minimum Gasteiger partial charge on any atom is -0.478 e. The molecule has 0 saturated heterocycles. The van der Waals surface area contributed by atoms with Crippen LogP contribution in [0.25, 0.3) is 11.1 Å². The van der Waals surface area contributed by atoms with Crippen LogP contribution in [0, 0.1) is 0 Å². The monoisotopic (exact) mass is 391 g/mol. The molecule has 28 heavy (non-hydrogen) atoms. The Morgan fingerprint density at radius 1 is 0.964 bits per heavy atom. The molecule has 0 aromatic heterocycles. The first-order chi connectivity index (χ1) is 13.5. The smallest absolute Gasteiger partial charge is 0.411 e. The molecule has 6 heteroatoms. The number of nitrogens with one attached hydrogen (secondary N) is 1. The highest BCUT2D eigenvalue weighted by molar-refractivity contribution is 7.80. The SMILES string of the molecule is O=C(Nc1ccc(C(=O)O)c(S)c1)OCC1c2ccccc2-c2ccccc21. The lowest BCUT2D eigenvalue weighted by Crippen LogP contribution is -2.18. The average molecular weight is 391 g/mol. The van der Waals surface area contributed by atoms with Crippen LogP contribution in [0.15, 0.2) is 71.6 Å². The fraction of sp³-hybridized carbons (Fsp3) is 0.0909. The number of fused-ring (bicyclic) bond motifs is 3. The van der Waals surface area contributed by atoms with Crippen LogP contribution in [0.3, 0.4) is 0 Å². The van der Waals surface area contributed by atoms with Gasteiger partial charge in [0.05, 0.1) is 5.56 Å². The Morgan fingerprint density at radius 2 is 1.57 bits per heavy atom. The van der Waals surface area contributed by atoms with E-state index in [2.05, 4.69) is 42.2 Å². The minimum atomic E-state index is -1.07. The van der Waals surface area contributed by atoms with Gasteiger partial charge in [0.1, 0.15) is 6.61 Å². The number of rotatable bonds is 4. The molecule has 140 valence electrons. The molecule has 0 spiro atoms. The Bertz CT molecular complexity index is 1030. The quantitative estimate of drug-likeness (QED) is 0.545. The highest BCUT2D eigenvalue weighted by atomic mass is 32.1. The molecule has 0 unspecified atom stereocenters. The van der Waals surface area contributed by atoms with Crippen LogP contribution in [0.2, 0.25) is 0 Å². The van der Waals surface area contributed by atoms with Gasteiger partial charge in [-0.25, -0.2) is 9.59 Å². The van der Waals surface area contributed by atoms with Crippen molar-refractivity contribution in [3.05, 3.63) is 83.4 Å². The van der Waals surface area contributed by atoms with E-state index in [4.69, 9.17) is 9.84 Å². The van der Waals surface area contributed by atoms with Gasteiger partial charge in [0.15, 0.2) is 0 Å². The third-order valence-electron chi connectivity index (χ3n) is 4.82. The molecule has 0 saturated carbocycles. The second-order valence-electron chi connectivity index (χ2n) is 6.49. The van der Waals surface area contributed by atoms with Crippen molar-refractivity contribution in [2.45, 2.75) is 10.8 Å². The largest absolute Gasteiger partial charge is 0.478 e. The number of thiol groups is 1.